The molecule has 1 nitrogen and oxygen atoms in total. The van der Waals surface area contributed by atoms with Crippen molar-refractivity contribution in [3.63, 3.8) is 0 Å². The van der Waals surface area contributed by atoms with Crippen LogP contribution < -0.4 is 0 Å². The number of rotatable bonds is 4. The number of alkyl halides is 6. The first-order valence-corrected chi connectivity index (χ1v) is 7.08. The summed E-state index contributed by atoms with van der Waals surface area (Å²) in [6, 6.07) is 10.1. The van der Waals surface area contributed by atoms with E-state index in [-0.39, 0.29) is 24.2 Å². The number of hydrogen-bond donors (Lipinski definition) is 0. The van der Waals surface area contributed by atoms with Crippen LogP contribution in [0, 0.1) is 0 Å². The Morgan fingerprint density at radius 2 is 1.00 bits per heavy atom. The van der Waals surface area contributed by atoms with Crippen molar-refractivity contribution in [1.29, 1.82) is 0 Å². The predicted octanol–water partition coefficient (Wildman–Crippen LogP) is 5.36. The SMILES string of the molecule is CN(Cc1ccccc1C(F)(F)F)Cc1ccccc1C(F)(F)F. The minimum absolute atomic E-state index is 0.0250. The van der Waals surface area contributed by atoms with Gasteiger partial charge >= 0.3 is 12.4 Å². The quantitative estimate of drug-likeness (QED) is 0.674. The van der Waals surface area contributed by atoms with E-state index in [4.69, 9.17) is 0 Å². The third kappa shape index (κ3) is 4.50. The van der Waals surface area contributed by atoms with Crippen LogP contribution in [0.4, 0.5) is 26.3 Å². The molecule has 0 saturated carbocycles. The Hall–Kier alpha value is -2.02. The maximum Gasteiger partial charge on any atom is 0.416 e. The zero-order valence-corrected chi connectivity index (χ0v) is 12.7. The molecule has 0 fully saturated rings. The second kappa shape index (κ2) is 6.84. The lowest BCUT2D eigenvalue weighted by molar-refractivity contribution is -0.138. The lowest BCUT2D eigenvalue weighted by Gasteiger charge is -2.21. The molecule has 0 radical (unpaired) electrons. The van der Waals surface area contributed by atoms with Crippen LogP contribution in [0.2, 0.25) is 0 Å². The van der Waals surface area contributed by atoms with Crippen LogP contribution in [-0.4, -0.2) is 11.9 Å². The molecule has 0 N–H and O–H groups in total. The van der Waals surface area contributed by atoms with Gasteiger partial charge in [-0.15, -0.1) is 0 Å². The van der Waals surface area contributed by atoms with Gasteiger partial charge in [-0.2, -0.15) is 26.3 Å². The van der Waals surface area contributed by atoms with E-state index in [2.05, 4.69) is 0 Å². The van der Waals surface area contributed by atoms with Gasteiger partial charge in [-0.25, -0.2) is 0 Å². The van der Waals surface area contributed by atoms with Crippen molar-refractivity contribution in [3.8, 4) is 0 Å². The molecule has 0 heterocycles. The molecule has 2 aromatic rings. The van der Waals surface area contributed by atoms with Gasteiger partial charge in [-0.05, 0) is 30.3 Å². The van der Waals surface area contributed by atoms with Crippen molar-refractivity contribution in [2.24, 2.45) is 0 Å². The Morgan fingerprint density at radius 1 is 0.667 bits per heavy atom. The van der Waals surface area contributed by atoms with Gasteiger partial charge in [0.25, 0.3) is 0 Å². The summed E-state index contributed by atoms with van der Waals surface area (Å²) < 4.78 is 77.9. The van der Waals surface area contributed by atoms with Crippen molar-refractivity contribution in [2.45, 2.75) is 25.4 Å². The Labute approximate surface area is 135 Å². The van der Waals surface area contributed by atoms with Crippen molar-refractivity contribution in [1.82, 2.24) is 4.90 Å². The molecule has 0 aliphatic heterocycles. The first-order chi connectivity index (χ1) is 11.1. The summed E-state index contributed by atoms with van der Waals surface area (Å²) >= 11 is 0. The molecule has 0 aliphatic carbocycles. The molecule has 0 unspecified atom stereocenters. The molecule has 0 amide bonds. The highest BCUT2D eigenvalue weighted by molar-refractivity contribution is 5.31. The van der Waals surface area contributed by atoms with Crippen LogP contribution in [-0.2, 0) is 25.4 Å². The number of benzene rings is 2. The van der Waals surface area contributed by atoms with E-state index in [0.29, 0.717) is 0 Å². The van der Waals surface area contributed by atoms with Gasteiger partial charge in [-0.3, -0.25) is 4.90 Å². The van der Waals surface area contributed by atoms with E-state index in [9.17, 15) is 26.3 Å². The average Bonchev–Trinajstić information content (AvgIpc) is 2.46. The lowest BCUT2D eigenvalue weighted by atomic mass is 10.0. The highest BCUT2D eigenvalue weighted by atomic mass is 19.4. The fraction of sp³-hybridized carbons (Fsp3) is 0.294. The van der Waals surface area contributed by atoms with Crippen LogP contribution >= 0.6 is 0 Å². The zero-order valence-electron chi connectivity index (χ0n) is 12.7. The molecule has 0 aromatic heterocycles. The molecule has 130 valence electrons. The topological polar surface area (TPSA) is 3.24 Å². The third-order valence-electron chi connectivity index (χ3n) is 3.53. The average molecular weight is 347 g/mol. The Morgan fingerprint density at radius 3 is 1.33 bits per heavy atom. The highest BCUT2D eigenvalue weighted by Crippen LogP contribution is 2.34. The monoisotopic (exact) mass is 347 g/mol. The molecule has 7 heteroatoms. The maximum absolute atomic E-state index is 13.0. The molecule has 0 spiro atoms. The number of hydrogen-bond acceptors (Lipinski definition) is 1. The van der Waals surface area contributed by atoms with Gasteiger partial charge in [0.15, 0.2) is 0 Å². The molecule has 0 aliphatic rings. The summed E-state index contributed by atoms with van der Waals surface area (Å²) in [5.74, 6) is 0. The lowest BCUT2D eigenvalue weighted by Crippen LogP contribution is -2.22. The van der Waals surface area contributed by atoms with E-state index < -0.39 is 23.5 Å². The van der Waals surface area contributed by atoms with Gasteiger partial charge in [0.1, 0.15) is 0 Å². The van der Waals surface area contributed by atoms with Crippen molar-refractivity contribution in [2.75, 3.05) is 7.05 Å². The van der Waals surface area contributed by atoms with Crippen molar-refractivity contribution < 1.29 is 26.3 Å². The van der Waals surface area contributed by atoms with Crippen molar-refractivity contribution >= 4 is 0 Å². The summed E-state index contributed by atoms with van der Waals surface area (Å²) in [6.07, 6.45) is -9.00. The van der Waals surface area contributed by atoms with Crippen LogP contribution in [0.1, 0.15) is 22.3 Å². The molecule has 0 atom stereocenters. The Kier molecular flexibility index (Phi) is 5.22. The van der Waals surface area contributed by atoms with Crippen LogP contribution in [0.3, 0.4) is 0 Å². The smallest absolute Gasteiger partial charge is 0.298 e. The molecule has 2 rings (SSSR count). The van der Waals surface area contributed by atoms with E-state index in [1.807, 2.05) is 0 Å². The second-order valence-corrected chi connectivity index (χ2v) is 5.48. The zero-order chi connectivity index (χ0) is 18.0. The standard InChI is InChI=1S/C17H15F6N/c1-24(10-12-6-2-4-8-14(12)16(18,19)20)11-13-7-3-5-9-15(13)17(21,22)23/h2-9H,10-11H2,1H3. The normalized spacial score (nSPS) is 12.7. The molecule has 0 bridgehead atoms. The summed E-state index contributed by atoms with van der Waals surface area (Å²) in [6.45, 7) is -0.219. The van der Waals surface area contributed by atoms with E-state index in [0.717, 1.165) is 12.1 Å². The molecule has 24 heavy (non-hydrogen) atoms. The fourth-order valence-corrected chi connectivity index (χ4v) is 2.51. The molecule has 0 saturated heterocycles. The Bertz CT molecular complexity index is 630. The van der Waals surface area contributed by atoms with E-state index >= 15 is 0 Å². The first-order valence-electron chi connectivity index (χ1n) is 7.08. The summed E-state index contributed by atoms with van der Waals surface area (Å²) in [5.41, 5.74) is -1.50. The highest BCUT2D eigenvalue weighted by Gasteiger charge is 2.34. The van der Waals surface area contributed by atoms with Gasteiger partial charge in [0.2, 0.25) is 0 Å². The molecular weight excluding hydrogens is 332 g/mol. The summed E-state index contributed by atoms with van der Waals surface area (Å²) in [7, 11) is 1.49. The summed E-state index contributed by atoms with van der Waals surface area (Å²) in [4.78, 5) is 1.43. The van der Waals surface area contributed by atoms with Crippen LogP contribution in [0.15, 0.2) is 48.5 Å². The van der Waals surface area contributed by atoms with Crippen LogP contribution in [0.25, 0.3) is 0 Å². The van der Waals surface area contributed by atoms with Gasteiger partial charge < -0.3 is 0 Å². The van der Waals surface area contributed by atoms with Gasteiger partial charge in [-0.1, -0.05) is 36.4 Å². The summed E-state index contributed by atoms with van der Waals surface area (Å²) in [5, 5.41) is 0. The van der Waals surface area contributed by atoms with Crippen molar-refractivity contribution in [3.05, 3.63) is 70.8 Å². The van der Waals surface area contributed by atoms with Gasteiger partial charge in [0, 0.05) is 13.1 Å². The van der Waals surface area contributed by atoms with Crippen LogP contribution in [0.5, 0.6) is 0 Å². The fourth-order valence-electron chi connectivity index (χ4n) is 2.51. The Balaban J connectivity index is 2.21. The van der Waals surface area contributed by atoms with Gasteiger partial charge in [0.05, 0.1) is 11.1 Å². The number of nitrogens with zero attached hydrogens (tertiary/aromatic N) is 1. The first kappa shape index (κ1) is 18.3. The second-order valence-electron chi connectivity index (χ2n) is 5.48. The third-order valence-corrected chi connectivity index (χ3v) is 3.53. The predicted molar refractivity (Wildman–Crippen MR) is 78.1 cm³/mol. The van der Waals surface area contributed by atoms with E-state index in [1.165, 1.54) is 48.3 Å². The number of halogens is 6. The maximum atomic E-state index is 13.0. The van der Waals surface area contributed by atoms with E-state index in [1.54, 1.807) is 0 Å². The largest absolute Gasteiger partial charge is 0.416 e. The minimum Gasteiger partial charge on any atom is -0.298 e. The molecular formula is C17H15F6N. The minimum atomic E-state index is -4.50. The molecule has 2 aromatic carbocycles.